The molecule has 0 saturated carbocycles. The molecule has 1 amide bonds. The smallest absolute Gasteiger partial charge is 0.256 e. The molecule has 1 aliphatic heterocycles. The molecule has 4 heteroatoms. The van der Waals surface area contributed by atoms with Gasteiger partial charge in [0.2, 0.25) is 0 Å². The van der Waals surface area contributed by atoms with Gasteiger partial charge in [-0.05, 0) is 44.4 Å². The Kier molecular flexibility index (Phi) is 3.95. The molecule has 1 heterocycles. The molecule has 1 aromatic carbocycles. The largest absolute Gasteiger partial charge is 0.398 e. The first-order valence-electron chi connectivity index (χ1n) is 6.42. The Balaban J connectivity index is 2.32. The SMILES string of the molecule is CCC1CCC(C)N1C(=O)c1cc(Br)ccc1N. The standard InChI is InChI=1S/C14H19BrN2O/c1-3-11-6-4-9(2)17(11)14(18)12-8-10(15)5-7-13(12)16/h5,7-9,11H,3-4,6,16H2,1-2H3. The highest BCUT2D eigenvalue weighted by molar-refractivity contribution is 9.10. The monoisotopic (exact) mass is 310 g/mol. The highest BCUT2D eigenvalue weighted by atomic mass is 79.9. The average molecular weight is 311 g/mol. The van der Waals surface area contributed by atoms with Gasteiger partial charge in [-0.2, -0.15) is 0 Å². The van der Waals surface area contributed by atoms with E-state index < -0.39 is 0 Å². The summed E-state index contributed by atoms with van der Waals surface area (Å²) in [4.78, 5) is 14.6. The van der Waals surface area contributed by atoms with Gasteiger partial charge in [0.15, 0.2) is 0 Å². The van der Waals surface area contributed by atoms with Gasteiger partial charge in [0.05, 0.1) is 5.56 Å². The second kappa shape index (κ2) is 5.31. The van der Waals surface area contributed by atoms with Crippen LogP contribution in [-0.4, -0.2) is 22.9 Å². The summed E-state index contributed by atoms with van der Waals surface area (Å²) in [5.74, 6) is 0.0608. The lowest BCUT2D eigenvalue weighted by atomic mass is 10.1. The number of carbonyl (C=O) groups excluding carboxylic acids is 1. The first-order valence-corrected chi connectivity index (χ1v) is 7.21. The minimum absolute atomic E-state index is 0.0608. The van der Waals surface area contributed by atoms with E-state index in [4.69, 9.17) is 5.73 Å². The van der Waals surface area contributed by atoms with E-state index in [0.29, 0.717) is 23.3 Å². The Bertz CT molecular complexity index is 461. The Morgan fingerprint density at radius 3 is 2.89 bits per heavy atom. The third-order valence-corrected chi connectivity index (χ3v) is 4.23. The number of nitrogens with zero attached hydrogens (tertiary/aromatic N) is 1. The van der Waals surface area contributed by atoms with E-state index in [1.807, 2.05) is 17.0 Å². The van der Waals surface area contributed by atoms with E-state index in [9.17, 15) is 4.79 Å². The summed E-state index contributed by atoms with van der Waals surface area (Å²) in [6.45, 7) is 4.25. The van der Waals surface area contributed by atoms with Crippen LogP contribution in [0.4, 0.5) is 5.69 Å². The number of anilines is 1. The maximum atomic E-state index is 12.6. The van der Waals surface area contributed by atoms with Gasteiger partial charge >= 0.3 is 0 Å². The highest BCUT2D eigenvalue weighted by Crippen LogP contribution is 2.30. The number of amides is 1. The van der Waals surface area contributed by atoms with Crippen molar-refractivity contribution in [3.05, 3.63) is 28.2 Å². The van der Waals surface area contributed by atoms with E-state index in [-0.39, 0.29) is 5.91 Å². The molecule has 18 heavy (non-hydrogen) atoms. The fraction of sp³-hybridized carbons (Fsp3) is 0.500. The molecule has 0 radical (unpaired) electrons. The van der Waals surface area contributed by atoms with Crippen LogP contribution in [0.1, 0.15) is 43.5 Å². The third kappa shape index (κ3) is 2.39. The van der Waals surface area contributed by atoms with Crippen molar-refractivity contribution in [2.75, 3.05) is 5.73 Å². The summed E-state index contributed by atoms with van der Waals surface area (Å²) in [7, 11) is 0. The van der Waals surface area contributed by atoms with Crippen molar-refractivity contribution in [1.29, 1.82) is 0 Å². The second-order valence-electron chi connectivity index (χ2n) is 4.93. The Morgan fingerprint density at radius 1 is 1.50 bits per heavy atom. The van der Waals surface area contributed by atoms with E-state index in [1.165, 1.54) is 0 Å². The molecule has 1 fully saturated rings. The molecule has 1 saturated heterocycles. The molecule has 2 N–H and O–H groups in total. The molecule has 0 aromatic heterocycles. The zero-order valence-corrected chi connectivity index (χ0v) is 12.4. The number of hydrogen-bond donors (Lipinski definition) is 1. The predicted molar refractivity (Wildman–Crippen MR) is 77.5 cm³/mol. The predicted octanol–water partition coefficient (Wildman–Crippen LogP) is 3.43. The number of benzene rings is 1. The van der Waals surface area contributed by atoms with Crippen LogP contribution in [0.2, 0.25) is 0 Å². The summed E-state index contributed by atoms with van der Waals surface area (Å²) >= 11 is 3.39. The number of rotatable bonds is 2. The van der Waals surface area contributed by atoms with Crippen LogP contribution < -0.4 is 5.73 Å². The number of nitrogen functional groups attached to an aromatic ring is 1. The summed E-state index contributed by atoms with van der Waals surface area (Å²) < 4.78 is 0.889. The molecule has 0 spiro atoms. The van der Waals surface area contributed by atoms with E-state index in [2.05, 4.69) is 29.8 Å². The van der Waals surface area contributed by atoms with E-state index in [0.717, 1.165) is 23.7 Å². The van der Waals surface area contributed by atoms with Gasteiger partial charge in [-0.25, -0.2) is 0 Å². The fourth-order valence-electron chi connectivity index (χ4n) is 2.69. The van der Waals surface area contributed by atoms with Crippen molar-refractivity contribution in [2.24, 2.45) is 0 Å². The molecule has 3 nitrogen and oxygen atoms in total. The molecule has 2 unspecified atom stereocenters. The zero-order chi connectivity index (χ0) is 13.3. The van der Waals surface area contributed by atoms with Gasteiger partial charge in [0.1, 0.15) is 0 Å². The van der Waals surface area contributed by atoms with Gasteiger partial charge < -0.3 is 10.6 Å². The second-order valence-corrected chi connectivity index (χ2v) is 5.85. The topological polar surface area (TPSA) is 46.3 Å². The Labute approximate surface area is 116 Å². The van der Waals surface area contributed by atoms with Gasteiger partial charge in [0.25, 0.3) is 5.91 Å². The maximum Gasteiger partial charge on any atom is 0.256 e. The van der Waals surface area contributed by atoms with Crippen LogP contribution >= 0.6 is 15.9 Å². The van der Waals surface area contributed by atoms with Crippen molar-refractivity contribution in [2.45, 2.75) is 45.2 Å². The average Bonchev–Trinajstić information content (AvgIpc) is 2.72. The van der Waals surface area contributed by atoms with Crippen LogP contribution in [0.15, 0.2) is 22.7 Å². The van der Waals surface area contributed by atoms with Crippen LogP contribution in [0.3, 0.4) is 0 Å². The zero-order valence-electron chi connectivity index (χ0n) is 10.8. The molecule has 1 aliphatic rings. The Hall–Kier alpha value is -1.03. The first kappa shape index (κ1) is 13.4. The third-order valence-electron chi connectivity index (χ3n) is 3.74. The normalized spacial score (nSPS) is 23.4. The maximum absolute atomic E-state index is 12.6. The Morgan fingerprint density at radius 2 is 2.22 bits per heavy atom. The molecule has 0 bridgehead atoms. The lowest BCUT2D eigenvalue weighted by Crippen LogP contribution is -2.40. The number of nitrogens with two attached hydrogens (primary N) is 1. The molecular formula is C14H19BrN2O. The fourth-order valence-corrected chi connectivity index (χ4v) is 3.05. The van der Waals surface area contributed by atoms with Crippen LogP contribution in [0, 0.1) is 0 Å². The van der Waals surface area contributed by atoms with Crippen LogP contribution in [0.5, 0.6) is 0 Å². The van der Waals surface area contributed by atoms with Crippen molar-refractivity contribution in [3.63, 3.8) is 0 Å². The van der Waals surface area contributed by atoms with Crippen molar-refractivity contribution in [1.82, 2.24) is 4.90 Å². The van der Waals surface area contributed by atoms with Crippen molar-refractivity contribution in [3.8, 4) is 0 Å². The van der Waals surface area contributed by atoms with Gasteiger partial charge in [0, 0.05) is 22.2 Å². The molecule has 2 rings (SSSR count). The number of likely N-dealkylation sites (tertiary alicyclic amines) is 1. The van der Waals surface area contributed by atoms with E-state index in [1.54, 1.807) is 6.07 Å². The minimum atomic E-state index is 0.0608. The molecule has 0 aliphatic carbocycles. The van der Waals surface area contributed by atoms with Gasteiger partial charge in [-0.1, -0.05) is 22.9 Å². The summed E-state index contributed by atoms with van der Waals surface area (Å²) in [6.07, 6.45) is 3.18. The minimum Gasteiger partial charge on any atom is -0.398 e. The van der Waals surface area contributed by atoms with Crippen LogP contribution in [-0.2, 0) is 0 Å². The molecule has 1 aromatic rings. The lowest BCUT2D eigenvalue weighted by molar-refractivity contribution is 0.0677. The number of halogens is 1. The molecule has 98 valence electrons. The highest BCUT2D eigenvalue weighted by Gasteiger charge is 2.34. The summed E-state index contributed by atoms with van der Waals surface area (Å²) in [5.41, 5.74) is 7.08. The van der Waals surface area contributed by atoms with Crippen molar-refractivity contribution < 1.29 is 4.79 Å². The number of hydrogen-bond acceptors (Lipinski definition) is 2. The van der Waals surface area contributed by atoms with Crippen LogP contribution in [0.25, 0.3) is 0 Å². The van der Waals surface area contributed by atoms with Gasteiger partial charge in [-0.15, -0.1) is 0 Å². The van der Waals surface area contributed by atoms with E-state index >= 15 is 0 Å². The first-order chi connectivity index (χ1) is 8.54. The summed E-state index contributed by atoms with van der Waals surface area (Å²) in [6, 6.07) is 6.11. The number of carbonyl (C=O) groups is 1. The molecule has 2 atom stereocenters. The quantitative estimate of drug-likeness (QED) is 0.851. The lowest BCUT2D eigenvalue weighted by Gasteiger charge is -2.28. The van der Waals surface area contributed by atoms with Gasteiger partial charge in [-0.3, -0.25) is 4.79 Å². The molecular weight excluding hydrogens is 292 g/mol. The van der Waals surface area contributed by atoms with Crippen molar-refractivity contribution >= 4 is 27.5 Å². The summed E-state index contributed by atoms with van der Waals surface area (Å²) in [5, 5.41) is 0.